The highest BCUT2D eigenvalue weighted by Crippen LogP contribution is 2.15. The molecule has 3 nitrogen and oxygen atoms in total. The fourth-order valence-corrected chi connectivity index (χ4v) is 3.10. The maximum atomic E-state index is 12.0. The van der Waals surface area contributed by atoms with Crippen LogP contribution >= 0.6 is 0 Å². The van der Waals surface area contributed by atoms with Gasteiger partial charge in [-0.05, 0) is 48.8 Å². The van der Waals surface area contributed by atoms with Gasteiger partial charge in [0.1, 0.15) is 0 Å². The SMILES string of the molecule is CC1CCCN(CC(=O)NCCc2ccc(C(C)C)cc2)C1. The molecule has 1 heterocycles. The molecule has 0 spiro atoms. The van der Waals surface area contributed by atoms with Crippen LogP contribution in [0.1, 0.15) is 50.7 Å². The van der Waals surface area contributed by atoms with Crippen molar-refractivity contribution >= 4 is 5.91 Å². The molecule has 0 aromatic heterocycles. The molecule has 1 aromatic rings. The van der Waals surface area contributed by atoms with Gasteiger partial charge >= 0.3 is 0 Å². The normalized spacial score (nSPS) is 19.4. The topological polar surface area (TPSA) is 32.3 Å². The van der Waals surface area contributed by atoms with Gasteiger partial charge in [0.2, 0.25) is 5.91 Å². The van der Waals surface area contributed by atoms with Crippen LogP contribution in [-0.2, 0) is 11.2 Å². The number of hydrogen-bond acceptors (Lipinski definition) is 2. The van der Waals surface area contributed by atoms with Gasteiger partial charge in [-0.15, -0.1) is 0 Å². The molecule has 1 aliphatic heterocycles. The quantitative estimate of drug-likeness (QED) is 0.875. The summed E-state index contributed by atoms with van der Waals surface area (Å²) < 4.78 is 0. The number of carbonyl (C=O) groups excluding carboxylic acids is 1. The van der Waals surface area contributed by atoms with E-state index in [0.717, 1.165) is 32.0 Å². The summed E-state index contributed by atoms with van der Waals surface area (Å²) in [6, 6.07) is 8.73. The van der Waals surface area contributed by atoms with Gasteiger partial charge in [-0.2, -0.15) is 0 Å². The third kappa shape index (κ3) is 5.45. The Morgan fingerprint density at radius 3 is 2.68 bits per heavy atom. The number of likely N-dealkylation sites (tertiary alicyclic amines) is 1. The fraction of sp³-hybridized carbons (Fsp3) is 0.632. The lowest BCUT2D eigenvalue weighted by atomic mass is 10.0. The van der Waals surface area contributed by atoms with Crippen LogP contribution in [0.2, 0.25) is 0 Å². The van der Waals surface area contributed by atoms with Gasteiger partial charge in [-0.25, -0.2) is 0 Å². The highest BCUT2D eigenvalue weighted by Gasteiger charge is 2.18. The van der Waals surface area contributed by atoms with Gasteiger partial charge in [0.25, 0.3) is 0 Å². The first-order valence-corrected chi connectivity index (χ1v) is 8.62. The molecule has 2 rings (SSSR count). The van der Waals surface area contributed by atoms with Crippen LogP contribution in [0, 0.1) is 5.92 Å². The minimum Gasteiger partial charge on any atom is -0.355 e. The van der Waals surface area contributed by atoms with Gasteiger partial charge in [0.05, 0.1) is 6.54 Å². The second kappa shape index (κ2) is 8.33. The van der Waals surface area contributed by atoms with Crippen molar-refractivity contribution < 1.29 is 4.79 Å². The largest absolute Gasteiger partial charge is 0.355 e. The first-order chi connectivity index (χ1) is 10.5. The Labute approximate surface area is 135 Å². The minimum atomic E-state index is 0.160. The Kier molecular flexibility index (Phi) is 6.44. The summed E-state index contributed by atoms with van der Waals surface area (Å²) in [5.41, 5.74) is 2.66. The number of benzene rings is 1. The third-order valence-electron chi connectivity index (χ3n) is 4.49. The number of amides is 1. The van der Waals surface area contributed by atoms with Crippen molar-refractivity contribution in [2.45, 2.75) is 46.0 Å². The van der Waals surface area contributed by atoms with Crippen molar-refractivity contribution in [2.24, 2.45) is 5.92 Å². The highest BCUT2D eigenvalue weighted by atomic mass is 16.2. The third-order valence-corrected chi connectivity index (χ3v) is 4.49. The smallest absolute Gasteiger partial charge is 0.234 e. The summed E-state index contributed by atoms with van der Waals surface area (Å²) in [5.74, 6) is 1.45. The highest BCUT2D eigenvalue weighted by molar-refractivity contribution is 5.78. The van der Waals surface area contributed by atoms with Crippen molar-refractivity contribution in [3.05, 3.63) is 35.4 Å². The molecule has 1 atom stereocenters. The molecule has 0 bridgehead atoms. The Bertz CT molecular complexity index is 467. The molecule has 1 aliphatic rings. The monoisotopic (exact) mass is 302 g/mol. The van der Waals surface area contributed by atoms with E-state index in [0.29, 0.717) is 12.5 Å². The van der Waals surface area contributed by atoms with E-state index in [-0.39, 0.29) is 5.91 Å². The summed E-state index contributed by atoms with van der Waals surface area (Å²) in [7, 11) is 0. The zero-order valence-electron chi connectivity index (χ0n) is 14.3. The molecule has 0 saturated carbocycles. The van der Waals surface area contributed by atoms with E-state index in [1.165, 1.54) is 24.0 Å². The van der Waals surface area contributed by atoms with Crippen LogP contribution in [-0.4, -0.2) is 37.0 Å². The zero-order valence-corrected chi connectivity index (χ0v) is 14.3. The summed E-state index contributed by atoms with van der Waals surface area (Å²) in [6.07, 6.45) is 3.42. The molecular weight excluding hydrogens is 272 g/mol. The number of piperidine rings is 1. The number of hydrogen-bond donors (Lipinski definition) is 1. The summed E-state index contributed by atoms with van der Waals surface area (Å²) in [4.78, 5) is 14.3. The Balaban J connectivity index is 1.68. The molecule has 22 heavy (non-hydrogen) atoms. The second-order valence-electron chi connectivity index (χ2n) is 6.98. The Hall–Kier alpha value is -1.35. The lowest BCUT2D eigenvalue weighted by molar-refractivity contribution is -0.122. The summed E-state index contributed by atoms with van der Waals surface area (Å²) in [5, 5.41) is 3.05. The van der Waals surface area contributed by atoms with Crippen molar-refractivity contribution in [2.75, 3.05) is 26.2 Å². The summed E-state index contributed by atoms with van der Waals surface area (Å²) >= 11 is 0. The first kappa shape index (κ1) is 17.0. The number of nitrogens with one attached hydrogen (secondary N) is 1. The van der Waals surface area contributed by atoms with Crippen molar-refractivity contribution in [1.29, 1.82) is 0 Å². The van der Waals surface area contributed by atoms with Crippen molar-refractivity contribution in [1.82, 2.24) is 10.2 Å². The molecule has 0 aliphatic carbocycles. The van der Waals surface area contributed by atoms with Crippen molar-refractivity contribution in [3.63, 3.8) is 0 Å². The molecule has 122 valence electrons. The van der Waals surface area contributed by atoms with Gasteiger partial charge in [0.15, 0.2) is 0 Å². The Morgan fingerprint density at radius 2 is 2.05 bits per heavy atom. The van der Waals surface area contributed by atoms with Crippen LogP contribution in [0.15, 0.2) is 24.3 Å². The van der Waals surface area contributed by atoms with Crippen LogP contribution in [0.3, 0.4) is 0 Å². The van der Waals surface area contributed by atoms with E-state index in [2.05, 4.69) is 55.3 Å². The number of nitrogens with zero attached hydrogens (tertiary/aromatic N) is 1. The second-order valence-corrected chi connectivity index (χ2v) is 6.98. The van der Waals surface area contributed by atoms with Gasteiger partial charge in [0, 0.05) is 13.1 Å². The minimum absolute atomic E-state index is 0.160. The van der Waals surface area contributed by atoms with Crippen LogP contribution in [0.25, 0.3) is 0 Å². The van der Waals surface area contributed by atoms with Crippen LogP contribution in [0.5, 0.6) is 0 Å². The molecular formula is C19H30N2O. The number of rotatable bonds is 6. The first-order valence-electron chi connectivity index (χ1n) is 8.62. The van der Waals surface area contributed by atoms with E-state index in [4.69, 9.17) is 0 Å². The molecule has 3 heteroatoms. The molecule has 1 saturated heterocycles. The lowest BCUT2D eigenvalue weighted by Gasteiger charge is -2.30. The molecule has 1 aromatic carbocycles. The number of carbonyl (C=O) groups is 1. The Morgan fingerprint density at radius 1 is 1.32 bits per heavy atom. The fourth-order valence-electron chi connectivity index (χ4n) is 3.10. The molecule has 0 radical (unpaired) electrons. The van der Waals surface area contributed by atoms with E-state index in [1.54, 1.807) is 0 Å². The maximum Gasteiger partial charge on any atom is 0.234 e. The van der Waals surface area contributed by atoms with Gasteiger partial charge < -0.3 is 5.32 Å². The van der Waals surface area contributed by atoms with E-state index >= 15 is 0 Å². The molecule has 1 unspecified atom stereocenters. The van der Waals surface area contributed by atoms with E-state index in [9.17, 15) is 4.79 Å². The maximum absolute atomic E-state index is 12.0. The zero-order chi connectivity index (χ0) is 15.9. The average molecular weight is 302 g/mol. The lowest BCUT2D eigenvalue weighted by Crippen LogP contribution is -2.42. The summed E-state index contributed by atoms with van der Waals surface area (Å²) in [6.45, 7) is 10.1. The predicted octanol–water partition coefficient (Wildman–Crippen LogP) is 3.20. The molecule has 1 fully saturated rings. The van der Waals surface area contributed by atoms with Crippen LogP contribution < -0.4 is 5.32 Å². The van der Waals surface area contributed by atoms with E-state index in [1.807, 2.05) is 0 Å². The van der Waals surface area contributed by atoms with E-state index < -0.39 is 0 Å². The van der Waals surface area contributed by atoms with Crippen molar-refractivity contribution in [3.8, 4) is 0 Å². The standard InChI is InChI=1S/C19H30N2O/c1-15(2)18-8-6-17(7-9-18)10-11-20-19(22)14-21-12-4-5-16(3)13-21/h6-9,15-16H,4-5,10-14H2,1-3H3,(H,20,22). The van der Waals surface area contributed by atoms with Gasteiger partial charge in [-0.1, -0.05) is 45.0 Å². The van der Waals surface area contributed by atoms with Crippen LogP contribution in [0.4, 0.5) is 0 Å². The average Bonchev–Trinajstić information content (AvgIpc) is 2.47. The predicted molar refractivity (Wildman–Crippen MR) is 92.1 cm³/mol. The molecule has 1 N–H and O–H groups in total. The molecule has 1 amide bonds. The van der Waals surface area contributed by atoms with Gasteiger partial charge in [-0.3, -0.25) is 9.69 Å².